The molecule has 0 saturated heterocycles. The fraction of sp³-hybridized carbons (Fsp3) is 0.267. The molecule has 6 nitrogen and oxygen atoms in total. The van der Waals surface area contributed by atoms with Crippen LogP contribution in [0.4, 0.5) is 0 Å². The number of amides is 1. The Morgan fingerprint density at radius 2 is 2.29 bits per heavy atom. The summed E-state index contributed by atoms with van der Waals surface area (Å²) < 4.78 is 1.71. The van der Waals surface area contributed by atoms with Gasteiger partial charge in [0.1, 0.15) is 12.3 Å². The predicted octanol–water partition coefficient (Wildman–Crippen LogP) is 0.397. The van der Waals surface area contributed by atoms with Gasteiger partial charge in [-0.05, 0) is 19.1 Å². The largest absolute Gasteiger partial charge is 0.384 e. The zero-order chi connectivity index (χ0) is 15.2. The van der Waals surface area contributed by atoms with Crippen LogP contribution in [-0.4, -0.2) is 32.4 Å². The summed E-state index contributed by atoms with van der Waals surface area (Å²) >= 11 is 0. The number of aliphatic hydroxyl groups is 1. The molecule has 0 radical (unpaired) electrons. The number of carbonyl (C=O) groups is 1. The van der Waals surface area contributed by atoms with Crippen LogP contribution in [0.1, 0.15) is 27.3 Å². The fourth-order valence-electron chi connectivity index (χ4n) is 1.83. The third-order valence-electron chi connectivity index (χ3n) is 2.86. The highest BCUT2D eigenvalue weighted by Gasteiger charge is 2.09. The van der Waals surface area contributed by atoms with E-state index in [4.69, 9.17) is 5.11 Å². The van der Waals surface area contributed by atoms with Crippen molar-refractivity contribution in [2.75, 3.05) is 6.61 Å². The van der Waals surface area contributed by atoms with Crippen LogP contribution in [0.2, 0.25) is 0 Å². The van der Waals surface area contributed by atoms with E-state index in [-0.39, 0.29) is 12.5 Å². The number of hydrogen-bond donors (Lipinski definition) is 2. The van der Waals surface area contributed by atoms with Crippen LogP contribution < -0.4 is 5.32 Å². The molecule has 0 fully saturated rings. The van der Waals surface area contributed by atoms with Gasteiger partial charge in [0.05, 0.1) is 5.69 Å². The van der Waals surface area contributed by atoms with Crippen LogP contribution in [0.25, 0.3) is 0 Å². The van der Waals surface area contributed by atoms with Gasteiger partial charge in [0.15, 0.2) is 0 Å². The Bertz CT molecular complexity index is 693. The second kappa shape index (κ2) is 6.68. The number of aromatic nitrogens is 3. The van der Waals surface area contributed by atoms with Gasteiger partial charge in [-0.25, -0.2) is 4.98 Å². The average Bonchev–Trinajstić information content (AvgIpc) is 2.81. The maximum Gasteiger partial charge on any atom is 0.270 e. The molecule has 0 atom stereocenters. The molecule has 108 valence electrons. The van der Waals surface area contributed by atoms with Gasteiger partial charge >= 0.3 is 0 Å². The number of carbonyl (C=O) groups excluding carboxylic acids is 1. The molecule has 2 rings (SSSR count). The lowest BCUT2D eigenvalue weighted by atomic mass is 10.2. The van der Waals surface area contributed by atoms with E-state index in [9.17, 15) is 4.79 Å². The van der Waals surface area contributed by atoms with E-state index in [0.717, 1.165) is 11.3 Å². The number of pyridine rings is 1. The molecule has 0 unspecified atom stereocenters. The first-order chi connectivity index (χ1) is 10.1. The van der Waals surface area contributed by atoms with Gasteiger partial charge in [0.25, 0.3) is 5.91 Å². The maximum absolute atomic E-state index is 12.0. The van der Waals surface area contributed by atoms with Gasteiger partial charge in [-0.1, -0.05) is 11.8 Å². The van der Waals surface area contributed by atoms with E-state index in [2.05, 4.69) is 27.2 Å². The Morgan fingerprint density at radius 3 is 2.86 bits per heavy atom. The summed E-state index contributed by atoms with van der Waals surface area (Å²) in [5, 5.41) is 15.6. The van der Waals surface area contributed by atoms with Crippen molar-refractivity contribution in [2.45, 2.75) is 13.5 Å². The van der Waals surface area contributed by atoms with Gasteiger partial charge < -0.3 is 10.4 Å². The van der Waals surface area contributed by atoms with Gasteiger partial charge in [-0.2, -0.15) is 5.10 Å². The molecule has 2 aromatic rings. The van der Waals surface area contributed by atoms with Crippen molar-refractivity contribution in [3.05, 3.63) is 47.0 Å². The predicted molar refractivity (Wildman–Crippen MR) is 77.3 cm³/mol. The second-order valence-electron chi connectivity index (χ2n) is 4.49. The van der Waals surface area contributed by atoms with Crippen LogP contribution >= 0.6 is 0 Å². The van der Waals surface area contributed by atoms with Crippen molar-refractivity contribution >= 4 is 5.91 Å². The van der Waals surface area contributed by atoms with Crippen LogP contribution in [0.15, 0.2) is 24.5 Å². The lowest BCUT2D eigenvalue weighted by Gasteiger charge is -2.03. The summed E-state index contributed by atoms with van der Waals surface area (Å²) in [5.41, 5.74) is 2.84. The van der Waals surface area contributed by atoms with E-state index in [1.165, 1.54) is 6.20 Å². The number of aryl methyl sites for hydroxylation is 2. The number of aliphatic hydroxyl groups excluding tert-OH is 1. The minimum atomic E-state index is -0.250. The normalized spacial score (nSPS) is 9.86. The molecule has 0 aliphatic carbocycles. The minimum Gasteiger partial charge on any atom is -0.384 e. The van der Waals surface area contributed by atoms with Crippen LogP contribution in [0.5, 0.6) is 0 Å². The van der Waals surface area contributed by atoms with Gasteiger partial charge in [0.2, 0.25) is 0 Å². The van der Waals surface area contributed by atoms with E-state index in [0.29, 0.717) is 17.8 Å². The lowest BCUT2D eigenvalue weighted by Crippen LogP contribution is -2.23. The van der Waals surface area contributed by atoms with E-state index in [1.54, 1.807) is 16.8 Å². The van der Waals surface area contributed by atoms with Crippen molar-refractivity contribution in [3.8, 4) is 11.8 Å². The Morgan fingerprint density at radius 1 is 1.48 bits per heavy atom. The minimum absolute atomic E-state index is 0.202. The molecule has 0 saturated carbocycles. The second-order valence-corrected chi connectivity index (χ2v) is 4.49. The first kappa shape index (κ1) is 14.8. The summed E-state index contributed by atoms with van der Waals surface area (Å²) in [7, 11) is 1.84. The standard InChI is InChI=1S/C15H16N4O2/c1-11-13(10-19(2)18-11)9-17-15(21)14-6-5-12(8-16-14)4-3-7-20/h5-6,8,10,20H,7,9H2,1-2H3,(H,17,21). The summed E-state index contributed by atoms with van der Waals surface area (Å²) in [4.78, 5) is 16.0. The molecular weight excluding hydrogens is 268 g/mol. The molecule has 0 spiro atoms. The Balaban J connectivity index is 1.98. The number of nitrogens with one attached hydrogen (secondary N) is 1. The van der Waals surface area contributed by atoms with Gasteiger partial charge in [-0.3, -0.25) is 9.48 Å². The molecule has 2 N–H and O–H groups in total. The molecule has 0 aliphatic rings. The fourth-order valence-corrected chi connectivity index (χ4v) is 1.83. The SMILES string of the molecule is Cc1nn(C)cc1CNC(=O)c1ccc(C#CCO)cn1. The zero-order valence-electron chi connectivity index (χ0n) is 11.9. The number of nitrogens with zero attached hydrogens (tertiary/aromatic N) is 3. The van der Waals surface area contributed by atoms with Crippen LogP contribution in [0, 0.1) is 18.8 Å². The van der Waals surface area contributed by atoms with Crippen molar-refractivity contribution < 1.29 is 9.90 Å². The zero-order valence-corrected chi connectivity index (χ0v) is 11.9. The smallest absolute Gasteiger partial charge is 0.270 e. The molecule has 0 bridgehead atoms. The molecular formula is C15H16N4O2. The summed E-state index contributed by atoms with van der Waals surface area (Å²) in [6.45, 7) is 2.10. The first-order valence-corrected chi connectivity index (χ1v) is 6.43. The van der Waals surface area contributed by atoms with Gasteiger partial charge in [-0.15, -0.1) is 0 Å². The number of rotatable bonds is 3. The Kier molecular flexibility index (Phi) is 4.69. The highest BCUT2D eigenvalue weighted by Crippen LogP contribution is 2.05. The highest BCUT2D eigenvalue weighted by molar-refractivity contribution is 5.92. The lowest BCUT2D eigenvalue weighted by molar-refractivity contribution is 0.0946. The quantitative estimate of drug-likeness (QED) is 0.799. The van der Waals surface area contributed by atoms with Crippen molar-refractivity contribution in [1.29, 1.82) is 0 Å². The Labute approximate surface area is 122 Å². The summed E-state index contributed by atoms with van der Waals surface area (Å²) in [6.07, 6.45) is 3.38. The maximum atomic E-state index is 12.0. The Hall–Kier alpha value is -2.65. The first-order valence-electron chi connectivity index (χ1n) is 6.43. The molecule has 21 heavy (non-hydrogen) atoms. The molecule has 6 heteroatoms. The van der Waals surface area contributed by atoms with Crippen molar-refractivity contribution in [3.63, 3.8) is 0 Å². The third kappa shape index (κ3) is 3.91. The van der Waals surface area contributed by atoms with Gasteiger partial charge in [0, 0.05) is 37.1 Å². The van der Waals surface area contributed by atoms with Crippen LogP contribution in [0.3, 0.4) is 0 Å². The monoisotopic (exact) mass is 284 g/mol. The van der Waals surface area contributed by atoms with E-state index >= 15 is 0 Å². The molecule has 0 aliphatic heterocycles. The molecule has 2 aromatic heterocycles. The van der Waals surface area contributed by atoms with Crippen molar-refractivity contribution in [1.82, 2.24) is 20.1 Å². The van der Waals surface area contributed by atoms with Crippen molar-refractivity contribution in [2.24, 2.45) is 7.05 Å². The number of hydrogen-bond acceptors (Lipinski definition) is 4. The highest BCUT2D eigenvalue weighted by atomic mass is 16.2. The van der Waals surface area contributed by atoms with E-state index < -0.39 is 0 Å². The topological polar surface area (TPSA) is 80.0 Å². The van der Waals surface area contributed by atoms with Crippen LogP contribution in [-0.2, 0) is 13.6 Å². The molecule has 1 amide bonds. The summed E-state index contributed by atoms with van der Waals surface area (Å²) in [6, 6.07) is 3.30. The summed E-state index contributed by atoms with van der Waals surface area (Å²) in [5.74, 6) is 5.00. The third-order valence-corrected chi connectivity index (χ3v) is 2.86. The molecule has 0 aromatic carbocycles. The van der Waals surface area contributed by atoms with E-state index in [1.807, 2.05) is 20.2 Å². The average molecular weight is 284 g/mol. The molecule has 2 heterocycles.